The molecule has 3 heterocycles. The van der Waals surface area contributed by atoms with Gasteiger partial charge in [0.25, 0.3) is 0 Å². The van der Waals surface area contributed by atoms with Gasteiger partial charge in [0.15, 0.2) is 0 Å². The average Bonchev–Trinajstić information content (AvgIpc) is 4.18. The second-order valence-corrected chi connectivity index (χ2v) is 23.3. The first-order valence-electron chi connectivity index (χ1n) is 23.5. The highest BCUT2D eigenvalue weighted by molar-refractivity contribution is 9.10. The maximum atomic E-state index is 12.1. The van der Waals surface area contributed by atoms with Crippen molar-refractivity contribution < 1.29 is 62.0 Å². The van der Waals surface area contributed by atoms with E-state index in [0.29, 0.717) is 0 Å². The molecule has 70 heavy (non-hydrogen) atoms. The number of halogens is 3. The third-order valence-corrected chi connectivity index (χ3v) is 16.3. The number of aliphatic hydroxyl groups is 1. The monoisotopic (exact) mass is 1120 g/mol. The van der Waals surface area contributed by atoms with Crippen LogP contribution >= 0.6 is 44.3 Å². The number of esters is 2. The van der Waals surface area contributed by atoms with Crippen LogP contribution in [-0.4, -0.2) is 104 Å². The number of rotatable bonds is 8. The molecule has 0 bridgehead atoms. The molecule has 6 aliphatic rings. The first kappa shape index (κ1) is 59.8. The van der Waals surface area contributed by atoms with Gasteiger partial charge >= 0.3 is 39.0 Å². The molecule has 3 aromatic rings. The molecule has 19 heteroatoms. The van der Waals surface area contributed by atoms with Crippen molar-refractivity contribution in [3.05, 3.63) is 98.4 Å². The highest BCUT2D eigenvalue weighted by Crippen LogP contribution is 2.51. The molecule has 0 unspecified atom stereocenters. The zero-order valence-corrected chi connectivity index (χ0v) is 47.4. The lowest BCUT2D eigenvalue weighted by atomic mass is 9.49. The number of carbonyl (C=O) groups is 3. The third kappa shape index (κ3) is 12.4. The van der Waals surface area contributed by atoms with Crippen LogP contribution in [0.15, 0.2) is 81.7 Å². The summed E-state index contributed by atoms with van der Waals surface area (Å²) < 4.78 is 47.7. The predicted octanol–water partition coefficient (Wildman–Crippen LogP) is 9.69. The summed E-state index contributed by atoms with van der Waals surface area (Å²) in [6.45, 7) is 24.3. The summed E-state index contributed by atoms with van der Waals surface area (Å²) in [5.74, 6) is -0.972. The van der Waals surface area contributed by atoms with Crippen molar-refractivity contribution >= 4 is 88.8 Å². The summed E-state index contributed by atoms with van der Waals surface area (Å²) in [6.07, 6.45) is 5.00. The van der Waals surface area contributed by atoms with Gasteiger partial charge in [0, 0.05) is 16.1 Å². The molecule has 3 aliphatic heterocycles. The highest BCUT2D eigenvalue weighted by atomic mass is 79.9. The number of aliphatic carboxylic acids is 1. The average molecular weight is 1120 g/mol. The molecule has 2 N–H and O–H groups in total. The molecular weight excluding hydrogens is 1050 g/mol. The van der Waals surface area contributed by atoms with Gasteiger partial charge < -0.3 is 47.6 Å². The van der Waals surface area contributed by atoms with Crippen LogP contribution in [0.1, 0.15) is 138 Å². The van der Waals surface area contributed by atoms with Crippen LogP contribution in [0, 0.1) is 0 Å². The molecule has 384 valence electrons. The van der Waals surface area contributed by atoms with Gasteiger partial charge in [0.2, 0.25) is 0 Å². The van der Waals surface area contributed by atoms with Gasteiger partial charge in [-0.25, -0.2) is 0 Å². The SMILES string of the molecule is CC1(C)OB(B2OC(C)(C)C(C)(C)O2)OC1(C)C.CO.COC(=O)C1(c2cccc(B3OC(C)(C)C(C)(C)O3)c2)CC1.COC(=O)C1(c2cccc(Br)c2)CC1.Cl.O=C(O)C1(c2cccc(Br)c2)CC1. The van der Waals surface area contributed by atoms with E-state index in [4.69, 9.17) is 47.6 Å². The standard InChI is InChI=1S/C17H23BO4.C12H24B2O4.C11H11BrO2.C10H9BrO2.CH4O.ClH/c1-15(2)16(3,4)22-18(21-15)13-8-6-7-12(11-13)17(9-10-17)14(19)20-5;1-9(2)10(3,4)16-13(15-9)14-17-11(5,6)12(7,8)18-14;1-14-10(13)11(5-6-11)8-3-2-4-9(12)7-8;11-8-3-1-2-7(6-8)10(4-5-10)9(12)13;1-2;/h6-8,11H,9-10H2,1-5H3;1-8H3;2-4,7H,5-6H2,1H3;1-3,6H,4-5H2,(H,12,13);2H,1H3;1H. The maximum absolute atomic E-state index is 12.1. The van der Waals surface area contributed by atoms with Gasteiger partial charge in [-0.05, 0) is 168 Å². The van der Waals surface area contributed by atoms with Crippen LogP contribution in [0.25, 0.3) is 0 Å². The topological polar surface area (TPSA) is 166 Å². The Bertz CT molecular complexity index is 2250. The minimum atomic E-state index is -0.703. The van der Waals surface area contributed by atoms with E-state index in [0.717, 1.165) is 76.7 Å². The van der Waals surface area contributed by atoms with Gasteiger partial charge in [-0.15, -0.1) is 12.4 Å². The lowest BCUT2D eigenvalue weighted by molar-refractivity contribution is -0.144. The Balaban J connectivity index is 0.000000203. The Morgan fingerprint density at radius 3 is 1.06 bits per heavy atom. The molecule has 3 saturated carbocycles. The van der Waals surface area contributed by atoms with Crippen molar-refractivity contribution in [1.82, 2.24) is 0 Å². The Labute approximate surface area is 439 Å². The van der Waals surface area contributed by atoms with E-state index in [1.54, 1.807) is 0 Å². The predicted molar refractivity (Wildman–Crippen MR) is 282 cm³/mol. The molecule has 3 saturated heterocycles. The van der Waals surface area contributed by atoms with Crippen LogP contribution in [0.5, 0.6) is 0 Å². The first-order valence-corrected chi connectivity index (χ1v) is 25.1. The molecule has 0 radical (unpaired) electrons. The van der Waals surface area contributed by atoms with Crippen LogP contribution in [-0.2, 0) is 68.0 Å². The second-order valence-electron chi connectivity index (χ2n) is 21.5. The first-order chi connectivity index (χ1) is 31.9. The minimum Gasteiger partial charge on any atom is -0.481 e. The van der Waals surface area contributed by atoms with Gasteiger partial charge in [-0.1, -0.05) is 80.4 Å². The lowest BCUT2D eigenvalue weighted by Crippen LogP contribution is -2.41. The maximum Gasteiger partial charge on any atom is 0.494 e. The molecule has 3 aliphatic carbocycles. The van der Waals surface area contributed by atoms with Crippen LogP contribution in [0.2, 0.25) is 0 Å². The molecule has 3 aromatic carbocycles. The summed E-state index contributed by atoms with van der Waals surface area (Å²) in [4.78, 5) is 34.6. The number of aliphatic hydroxyl groups excluding tert-OH is 1. The van der Waals surface area contributed by atoms with Crippen molar-refractivity contribution in [3.63, 3.8) is 0 Å². The fourth-order valence-electron chi connectivity index (χ4n) is 8.15. The molecule has 9 rings (SSSR count). The van der Waals surface area contributed by atoms with Crippen molar-refractivity contribution in [3.8, 4) is 0 Å². The van der Waals surface area contributed by atoms with Crippen LogP contribution in [0.4, 0.5) is 0 Å². The van der Waals surface area contributed by atoms with Crippen molar-refractivity contribution in [1.29, 1.82) is 0 Å². The number of benzene rings is 3. The Kier molecular flexibility index (Phi) is 18.8. The van der Waals surface area contributed by atoms with E-state index in [2.05, 4.69) is 31.9 Å². The zero-order valence-electron chi connectivity index (χ0n) is 43.5. The van der Waals surface area contributed by atoms with E-state index >= 15 is 0 Å². The number of carbonyl (C=O) groups excluding carboxylic acids is 2. The Morgan fingerprint density at radius 1 is 0.486 bits per heavy atom. The second kappa shape index (κ2) is 22.0. The molecule has 0 amide bonds. The van der Waals surface area contributed by atoms with E-state index in [1.807, 2.05) is 156 Å². The number of methoxy groups -OCH3 is 2. The number of carboxylic acid groups (broad SMARTS) is 1. The van der Waals surface area contributed by atoms with Crippen LogP contribution in [0.3, 0.4) is 0 Å². The summed E-state index contributed by atoms with van der Waals surface area (Å²) in [5, 5.41) is 16.0. The molecular formula is C51H72B3Br2ClO13. The van der Waals surface area contributed by atoms with Gasteiger partial charge in [0.05, 0.1) is 64.1 Å². The molecule has 0 atom stereocenters. The van der Waals surface area contributed by atoms with Crippen molar-refractivity contribution in [2.45, 2.75) is 171 Å². The van der Waals surface area contributed by atoms with Gasteiger partial charge in [0.1, 0.15) is 0 Å². The van der Waals surface area contributed by atoms with E-state index in [-0.39, 0.29) is 63.4 Å². The van der Waals surface area contributed by atoms with Crippen molar-refractivity contribution in [2.75, 3.05) is 21.3 Å². The summed E-state index contributed by atoms with van der Waals surface area (Å²) in [7, 11) is 2.53. The fraction of sp³-hybridized carbons (Fsp3) is 0.588. The van der Waals surface area contributed by atoms with Gasteiger partial charge in [-0.3, -0.25) is 14.4 Å². The summed E-state index contributed by atoms with van der Waals surface area (Å²) in [5.41, 5.74) is 0.341. The number of hydrogen-bond donors (Lipinski definition) is 2. The van der Waals surface area contributed by atoms with E-state index in [1.165, 1.54) is 14.2 Å². The quantitative estimate of drug-likeness (QED) is 0.162. The molecule has 0 aromatic heterocycles. The normalized spacial score (nSPS) is 22.8. The van der Waals surface area contributed by atoms with Gasteiger partial charge in [-0.2, -0.15) is 0 Å². The van der Waals surface area contributed by atoms with E-state index < -0.39 is 37.9 Å². The molecule has 6 fully saturated rings. The largest absolute Gasteiger partial charge is 0.494 e. The smallest absolute Gasteiger partial charge is 0.481 e. The summed E-state index contributed by atoms with van der Waals surface area (Å²) in [6, 6.07) is 23.4. The Hall–Kier alpha value is -2.77. The fourth-order valence-corrected chi connectivity index (χ4v) is 8.95. The number of ether oxygens (including phenoxy) is 2. The third-order valence-electron chi connectivity index (χ3n) is 15.3. The summed E-state index contributed by atoms with van der Waals surface area (Å²) >= 11 is 6.74. The molecule has 0 spiro atoms. The Morgan fingerprint density at radius 2 is 0.771 bits per heavy atom. The number of carboxylic acids is 1. The van der Waals surface area contributed by atoms with Crippen molar-refractivity contribution in [2.24, 2.45) is 0 Å². The minimum absolute atomic E-state index is 0. The number of hydrogen-bond acceptors (Lipinski definition) is 12. The van der Waals surface area contributed by atoms with E-state index in [9.17, 15) is 14.4 Å². The highest BCUT2D eigenvalue weighted by Gasteiger charge is 2.64. The van der Waals surface area contributed by atoms with Crippen LogP contribution < -0.4 is 5.46 Å². The molecule has 13 nitrogen and oxygen atoms in total. The lowest BCUT2D eigenvalue weighted by Gasteiger charge is -2.32. The zero-order chi connectivity index (χ0) is 51.8.